The van der Waals surface area contributed by atoms with E-state index in [2.05, 4.69) is 4.98 Å². The molecular weight excluding hydrogens is 243 g/mol. The Labute approximate surface area is 94.3 Å². The molecule has 3 nitrogen and oxygen atoms in total. The molecule has 1 aromatic heterocycles. The summed E-state index contributed by atoms with van der Waals surface area (Å²) in [5.41, 5.74) is 0.280. The van der Waals surface area contributed by atoms with E-state index in [-0.39, 0.29) is 22.2 Å². The second-order valence-electron chi connectivity index (χ2n) is 3.03. The summed E-state index contributed by atoms with van der Waals surface area (Å²) < 4.78 is 40.9. The minimum absolute atomic E-state index is 0.118. The highest BCUT2D eigenvalue weighted by molar-refractivity contribution is 7.13. The lowest BCUT2D eigenvalue weighted by Crippen LogP contribution is -2.11. The molecule has 7 heteroatoms. The molecule has 0 saturated heterocycles. The number of rotatable bonds is 3. The monoisotopic (exact) mass is 253 g/mol. The lowest BCUT2D eigenvalue weighted by atomic mass is 10.4. The van der Waals surface area contributed by atoms with E-state index in [1.54, 1.807) is 6.92 Å². The molecule has 0 aliphatic rings. The van der Waals surface area contributed by atoms with Crippen molar-refractivity contribution in [2.24, 2.45) is 0 Å². The van der Waals surface area contributed by atoms with Crippen LogP contribution < -0.4 is 0 Å². The summed E-state index contributed by atoms with van der Waals surface area (Å²) in [5.74, 6) is -0.620. The summed E-state index contributed by atoms with van der Waals surface area (Å²) >= 11 is 0.729. The van der Waals surface area contributed by atoms with Gasteiger partial charge >= 0.3 is 12.1 Å². The SMILES string of the molecule is CCOC(=O)c1sc(CC(F)(F)F)nc1C. The Hall–Kier alpha value is -1.11. The van der Waals surface area contributed by atoms with Crippen molar-refractivity contribution >= 4 is 17.3 Å². The lowest BCUT2D eigenvalue weighted by Gasteiger charge is -2.01. The summed E-state index contributed by atoms with van der Waals surface area (Å²) in [6.45, 7) is 3.30. The third-order valence-corrected chi connectivity index (χ3v) is 2.79. The smallest absolute Gasteiger partial charge is 0.395 e. The highest BCUT2D eigenvalue weighted by Gasteiger charge is 2.30. The standard InChI is InChI=1S/C9H10F3NO2S/c1-3-15-8(14)7-5(2)13-6(16-7)4-9(10,11)12/h3-4H2,1-2H3. The molecule has 0 aliphatic carbocycles. The van der Waals surface area contributed by atoms with Crippen LogP contribution in [0.2, 0.25) is 0 Å². The van der Waals surface area contributed by atoms with Gasteiger partial charge in [0.1, 0.15) is 9.88 Å². The predicted octanol–water partition coefficient (Wildman–Crippen LogP) is 2.73. The van der Waals surface area contributed by atoms with Gasteiger partial charge in [0, 0.05) is 0 Å². The zero-order valence-corrected chi connectivity index (χ0v) is 9.54. The van der Waals surface area contributed by atoms with Gasteiger partial charge in [-0.3, -0.25) is 0 Å². The molecule has 0 saturated carbocycles. The molecule has 1 heterocycles. The third kappa shape index (κ3) is 3.48. The number of hydrogen-bond donors (Lipinski definition) is 0. The Morgan fingerprint density at radius 1 is 1.50 bits per heavy atom. The van der Waals surface area contributed by atoms with Crippen LogP contribution in [-0.4, -0.2) is 23.7 Å². The molecule has 0 aromatic carbocycles. The van der Waals surface area contributed by atoms with Crippen LogP contribution in [0.4, 0.5) is 13.2 Å². The second kappa shape index (κ2) is 4.82. The van der Waals surface area contributed by atoms with E-state index in [4.69, 9.17) is 4.74 Å². The molecule has 0 N–H and O–H groups in total. The molecule has 1 rings (SSSR count). The first-order chi connectivity index (χ1) is 7.33. The molecule has 0 atom stereocenters. The van der Waals surface area contributed by atoms with Crippen molar-refractivity contribution < 1.29 is 22.7 Å². The molecule has 0 spiro atoms. The van der Waals surface area contributed by atoms with Crippen molar-refractivity contribution in [3.8, 4) is 0 Å². The molecule has 0 amide bonds. The highest BCUT2D eigenvalue weighted by Crippen LogP contribution is 2.26. The number of ether oxygens (including phenoxy) is 1. The number of carbonyl (C=O) groups excluding carboxylic acids is 1. The molecular formula is C9H10F3NO2S. The molecule has 90 valence electrons. The number of aromatic nitrogens is 1. The van der Waals surface area contributed by atoms with Crippen molar-refractivity contribution in [1.82, 2.24) is 4.98 Å². The van der Waals surface area contributed by atoms with E-state index in [1.165, 1.54) is 6.92 Å². The van der Waals surface area contributed by atoms with E-state index in [0.29, 0.717) is 0 Å². The number of aryl methyl sites for hydroxylation is 1. The Morgan fingerprint density at radius 3 is 2.62 bits per heavy atom. The molecule has 0 radical (unpaired) electrons. The van der Waals surface area contributed by atoms with Gasteiger partial charge in [-0.1, -0.05) is 0 Å². The van der Waals surface area contributed by atoms with Crippen LogP contribution in [0.15, 0.2) is 0 Å². The fraction of sp³-hybridized carbons (Fsp3) is 0.556. The van der Waals surface area contributed by atoms with E-state index >= 15 is 0 Å². The summed E-state index contributed by atoms with van der Waals surface area (Å²) in [6.07, 6.45) is -5.42. The molecule has 16 heavy (non-hydrogen) atoms. The van der Waals surface area contributed by atoms with Gasteiger partial charge in [0.05, 0.1) is 18.7 Å². The Morgan fingerprint density at radius 2 is 2.12 bits per heavy atom. The molecule has 0 unspecified atom stereocenters. The van der Waals surface area contributed by atoms with Gasteiger partial charge in [-0.05, 0) is 13.8 Å². The highest BCUT2D eigenvalue weighted by atomic mass is 32.1. The molecule has 1 aromatic rings. The molecule has 0 bridgehead atoms. The lowest BCUT2D eigenvalue weighted by molar-refractivity contribution is -0.127. The number of carbonyl (C=O) groups is 1. The quantitative estimate of drug-likeness (QED) is 0.777. The van der Waals surface area contributed by atoms with Crippen molar-refractivity contribution in [2.75, 3.05) is 6.61 Å². The molecule has 0 aliphatic heterocycles. The Balaban J connectivity index is 2.86. The normalized spacial score (nSPS) is 11.6. The minimum Gasteiger partial charge on any atom is -0.462 e. The molecule has 0 fully saturated rings. The average Bonchev–Trinajstić information content (AvgIpc) is 2.44. The topological polar surface area (TPSA) is 39.2 Å². The summed E-state index contributed by atoms with van der Waals surface area (Å²) in [6, 6.07) is 0. The number of alkyl halides is 3. The van der Waals surface area contributed by atoms with Gasteiger partial charge in [-0.15, -0.1) is 11.3 Å². The number of esters is 1. The van der Waals surface area contributed by atoms with E-state index < -0.39 is 18.6 Å². The maximum absolute atomic E-state index is 12.1. The first kappa shape index (κ1) is 13.0. The van der Waals surface area contributed by atoms with Crippen LogP contribution in [-0.2, 0) is 11.2 Å². The van der Waals surface area contributed by atoms with Gasteiger partial charge in [0.15, 0.2) is 0 Å². The van der Waals surface area contributed by atoms with Crippen LogP contribution in [0.5, 0.6) is 0 Å². The van der Waals surface area contributed by atoms with Crippen LogP contribution in [0, 0.1) is 6.92 Å². The van der Waals surface area contributed by atoms with Gasteiger partial charge in [-0.25, -0.2) is 9.78 Å². The van der Waals surface area contributed by atoms with Crippen LogP contribution in [0.1, 0.15) is 27.3 Å². The fourth-order valence-electron chi connectivity index (χ4n) is 1.09. The van der Waals surface area contributed by atoms with Gasteiger partial charge in [-0.2, -0.15) is 13.2 Å². The van der Waals surface area contributed by atoms with Gasteiger partial charge in [0.25, 0.3) is 0 Å². The predicted molar refractivity (Wildman–Crippen MR) is 52.6 cm³/mol. The third-order valence-electron chi connectivity index (χ3n) is 1.65. The number of hydrogen-bond acceptors (Lipinski definition) is 4. The fourth-order valence-corrected chi connectivity index (χ4v) is 2.08. The Bertz CT molecular complexity index is 387. The Kier molecular flexibility index (Phi) is 3.90. The van der Waals surface area contributed by atoms with Crippen LogP contribution >= 0.6 is 11.3 Å². The zero-order valence-electron chi connectivity index (χ0n) is 8.72. The average molecular weight is 253 g/mol. The van der Waals surface area contributed by atoms with E-state index in [9.17, 15) is 18.0 Å². The first-order valence-electron chi connectivity index (χ1n) is 4.53. The van der Waals surface area contributed by atoms with E-state index in [1.807, 2.05) is 0 Å². The van der Waals surface area contributed by atoms with Gasteiger partial charge in [0.2, 0.25) is 0 Å². The summed E-state index contributed by atoms with van der Waals surface area (Å²) in [4.78, 5) is 15.1. The maximum atomic E-state index is 12.1. The number of halogens is 3. The zero-order chi connectivity index (χ0) is 12.3. The van der Waals surface area contributed by atoms with Crippen molar-refractivity contribution in [1.29, 1.82) is 0 Å². The van der Waals surface area contributed by atoms with Crippen molar-refractivity contribution in [3.63, 3.8) is 0 Å². The number of thiazole rings is 1. The van der Waals surface area contributed by atoms with Gasteiger partial charge < -0.3 is 4.74 Å². The van der Waals surface area contributed by atoms with Crippen LogP contribution in [0.25, 0.3) is 0 Å². The van der Waals surface area contributed by atoms with Crippen LogP contribution in [0.3, 0.4) is 0 Å². The first-order valence-corrected chi connectivity index (χ1v) is 5.35. The second-order valence-corrected chi connectivity index (χ2v) is 4.12. The van der Waals surface area contributed by atoms with Crippen molar-refractivity contribution in [2.45, 2.75) is 26.4 Å². The summed E-state index contributed by atoms with van der Waals surface area (Å²) in [7, 11) is 0. The minimum atomic E-state index is -4.31. The maximum Gasteiger partial charge on any atom is 0.395 e. The number of nitrogens with zero attached hydrogens (tertiary/aromatic N) is 1. The van der Waals surface area contributed by atoms with E-state index in [0.717, 1.165) is 11.3 Å². The summed E-state index contributed by atoms with van der Waals surface area (Å²) in [5, 5.41) is -0.118. The van der Waals surface area contributed by atoms with Crippen molar-refractivity contribution in [3.05, 3.63) is 15.6 Å². The largest absolute Gasteiger partial charge is 0.462 e.